The van der Waals surface area contributed by atoms with Crippen LogP contribution in [0.5, 0.6) is 0 Å². The predicted octanol–water partition coefficient (Wildman–Crippen LogP) is 2.25. The molecule has 1 saturated carbocycles. The summed E-state index contributed by atoms with van der Waals surface area (Å²) in [6.45, 7) is 9.07. The molecule has 2 unspecified atom stereocenters. The fraction of sp³-hybridized carbons (Fsp3) is 1.00. The van der Waals surface area contributed by atoms with E-state index in [2.05, 4.69) is 24.1 Å². The van der Waals surface area contributed by atoms with E-state index in [9.17, 15) is 0 Å². The lowest BCUT2D eigenvalue weighted by molar-refractivity contribution is 0.165. The fourth-order valence-corrected chi connectivity index (χ4v) is 3.00. The molecule has 0 bridgehead atoms. The van der Waals surface area contributed by atoms with E-state index in [0.717, 1.165) is 25.6 Å². The molecule has 0 radical (unpaired) electrons. The summed E-state index contributed by atoms with van der Waals surface area (Å²) in [7, 11) is 0. The molecule has 0 heterocycles. The molecule has 0 spiro atoms. The molecule has 1 fully saturated rings. The topological polar surface area (TPSA) is 35.5 Å². The number of unbranched alkanes of at least 4 members (excludes halogenated alkanes) is 1. The molecule has 3 nitrogen and oxygen atoms in total. The number of aliphatic hydroxyl groups excluding tert-OH is 1. The van der Waals surface area contributed by atoms with Crippen LogP contribution in [0.1, 0.15) is 52.4 Å². The molecule has 108 valence electrons. The van der Waals surface area contributed by atoms with Crippen molar-refractivity contribution in [2.45, 2.75) is 58.4 Å². The monoisotopic (exact) mass is 256 g/mol. The second kappa shape index (κ2) is 9.76. The number of nitrogens with zero attached hydrogens (tertiary/aromatic N) is 1. The SMILES string of the molecule is CCCCN(CCO)CC1CCCC1NCCC. The number of hydrogen-bond donors (Lipinski definition) is 2. The van der Waals surface area contributed by atoms with Gasteiger partial charge in [0.25, 0.3) is 0 Å². The minimum Gasteiger partial charge on any atom is -0.395 e. The maximum absolute atomic E-state index is 9.16. The van der Waals surface area contributed by atoms with Gasteiger partial charge in [-0.2, -0.15) is 0 Å². The number of rotatable bonds is 10. The van der Waals surface area contributed by atoms with Gasteiger partial charge < -0.3 is 15.3 Å². The Morgan fingerprint density at radius 1 is 1.17 bits per heavy atom. The van der Waals surface area contributed by atoms with Gasteiger partial charge in [-0.3, -0.25) is 0 Å². The lowest BCUT2D eigenvalue weighted by Gasteiger charge is -2.28. The Morgan fingerprint density at radius 2 is 2.00 bits per heavy atom. The predicted molar refractivity (Wildman–Crippen MR) is 77.9 cm³/mol. The highest BCUT2D eigenvalue weighted by Gasteiger charge is 2.27. The molecule has 2 N–H and O–H groups in total. The summed E-state index contributed by atoms with van der Waals surface area (Å²) in [6, 6.07) is 0.716. The highest BCUT2D eigenvalue weighted by Crippen LogP contribution is 2.26. The average Bonchev–Trinajstić information content (AvgIpc) is 2.81. The van der Waals surface area contributed by atoms with Crippen molar-refractivity contribution in [1.29, 1.82) is 0 Å². The van der Waals surface area contributed by atoms with Crippen LogP contribution in [0.2, 0.25) is 0 Å². The van der Waals surface area contributed by atoms with Gasteiger partial charge in [0.15, 0.2) is 0 Å². The van der Waals surface area contributed by atoms with Crippen molar-refractivity contribution < 1.29 is 5.11 Å². The van der Waals surface area contributed by atoms with Gasteiger partial charge in [-0.15, -0.1) is 0 Å². The normalized spacial score (nSPS) is 24.0. The van der Waals surface area contributed by atoms with Crippen LogP contribution in [-0.4, -0.2) is 48.8 Å². The van der Waals surface area contributed by atoms with E-state index < -0.39 is 0 Å². The first-order valence-electron chi connectivity index (χ1n) is 7.88. The molecule has 3 heteroatoms. The Kier molecular flexibility index (Phi) is 8.64. The maximum Gasteiger partial charge on any atom is 0.0558 e. The van der Waals surface area contributed by atoms with Crippen molar-refractivity contribution in [3.05, 3.63) is 0 Å². The van der Waals surface area contributed by atoms with Crippen molar-refractivity contribution in [3.8, 4) is 0 Å². The first kappa shape index (κ1) is 15.9. The number of aliphatic hydroxyl groups is 1. The fourth-order valence-electron chi connectivity index (χ4n) is 3.00. The first-order chi connectivity index (χ1) is 8.81. The van der Waals surface area contributed by atoms with Crippen LogP contribution >= 0.6 is 0 Å². The summed E-state index contributed by atoms with van der Waals surface area (Å²) in [5, 5.41) is 12.9. The van der Waals surface area contributed by atoms with Crippen molar-refractivity contribution in [3.63, 3.8) is 0 Å². The maximum atomic E-state index is 9.16. The summed E-state index contributed by atoms with van der Waals surface area (Å²) in [4.78, 5) is 2.46. The van der Waals surface area contributed by atoms with Crippen molar-refractivity contribution in [1.82, 2.24) is 10.2 Å². The van der Waals surface area contributed by atoms with Gasteiger partial charge in [0.2, 0.25) is 0 Å². The quantitative estimate of drug-likeness (QED) is 0.629. The summed E-state index contributed by atoms with van der Waals surface area (Å²) >= 11 is 0. The summed E-state index contributed by atoms with van der Waals surface area (Å²) < 4.78 is 0. The van der Waals surface area contributed by atoms with Crippen molar-refractivity contribution in [2.75, 3.05) is 32.8 Å². The molecule has 2 atom stereocenters. The third-order valence-corrected chi connectivity index (χ3v) is 4.05. The zero-order chi connectivity index (χ0) is 13.2. The zero-order valence-electron chi connectivity index (χ0n) is 12.3. The molecule has 0 aromatic carbocycles. The van der Waals surface area contributed by atoms with Gasteiger partial charge in [-0.1, -0.05) is 26.7 Å². The standard InChI is InChI=1S/C15H32N2O/c1-3-5-10-17(11-12-18)13-14-7-6-8-15(14)16-9-4-2/h14-16,18H,3-13H2,1-2H3. The average molecular weight is 256 g/mol. The van der Waals surface area contributed by atoms with Crippen LogP contribution in [0.4, 0.5) is 0 Å². The zero-order valence-corrected chi connectivity index (χ0v) is 12.3. The molecule has 0 saturated heterocycles. The number of hydrogen-bond acceptors (Lipinski definition) is 3. The molecule has 0 aliphatic heterocycles. The highest BCUT2D eigenvalue weighted by molar-refractivity contribution is 4.85. The van der Waals surface area contributed by atoms with Gasteiger partial charge in [0.1, 0.15) is 0 Å². The molecular formula is C15H32N2O. The molecule has 0 amide bonds. The molecule has 1 aliphatic rings. The van der Waals surface area contributed by atoms with E-state index >= 15 is 0 Å². The first-order valence-corrected chi connectivity index (χ1v) is 7.88. The van der Waals surface area contributed by atoms with Crippen LogP contribution < -0.4 is 5.32 Å². The van der Waals surface area contributed by atoms with Crippen molar-refractivity contribution in [2.24, 2.45) is 5.92 Å². The highest BCUT2D eigenvalue weighted by atomic mass is 16.3. The minimum atomic E-state index is 0.295. The third-order valence-electron chi connectivity index (χ3n) is 4.05. The lowest BCUT2D eigenvalue weighted by atomic mass is 10.0. The van der Waals surface area contributed by atoms with E-state index in [-0.39, 0.29) is 0 Å². The van der Waals surface area contributed by atoms with Crippen LogP contribution in [0.15, 0.2) is 0 Å². The van der Waals surface area contributed by atoms with Crippen LogP contribution in [0, 0.1) is 5.92 Å². The van der Waals surface area contributed by atoms with Gasteiger partial charge >= 0.3 is 0 Å². The van der Waals surface area contributed by atoms with Gasteiger partial charge in [-0.25, -0.2) is 0 Å². The van der Waals surface area contributed by atoms with Gasteiger partial charge in [0, 0.05) is 19.1 Å². The number of nitrogens with one attached hydrogen (secondary N) is 1. The smallest absolute Gasteiger partial charge is 0.0558 e. The molecule has 18 heavy (non-hydrogen) atoms. The second-order valence-corrected chi connectivity index (χ2v) is 5.63. The molecule has 1 aliphatic carbocycles. The summed E-state index contributed by atoms with van der Waals surface area (Å²) in [5.74, 6) is 0.792. The molecule has 0 aromatic heterocycles. The van der Waals surface area contributed by atoms with E-state index in [1.807, 2.05) is 0 Å². The van der Waals surface area contributed by atoms with Crippen LogP contribution in [0.3, 0.4) is 0 Å². The minimum absolute atomic E-state index is 0.295. The summed E-state index contributed by atoms with van der Waals surface area (Å²) in [5.41, 5.74) is 0. The Balaban J connectivity index is 2.35. The van der Waals surface area contributed by atoms with Crippen LogP contribution in [0.25, 0.3) is 0 Å². The second-order valence-electron chi connectivity index (χ2n) is 5.63. The van der Waals surface area contributed by atoms with E-state index in [1.165, 1.54) is 45.1 Å². The van der Waals surface area contributed by atoms with E-state index in [1.54, 1.807) is 0 Å². The Bertz CT molecular complexity index is 199. The third kappa shape index (κ3) is 5.68. The Morgan fingerprint density at radius 3 is 2.67 bits per heavy atom. The Hall–Kier alpha value is -0.120. The molecular weight excluding hydrogens is 224 g/mol. The largest absolute Gasteiger partial charge is 0.395 e. The van der Waals surface area contributed by atoms with E-state index in [4.69, 9.17) is 5.11 Å². The van der Waals surface area contributed by atoms with Gasteiger partial charge in [0.05, 0.1) is 6.61 Å². The molecule has 0 aromatic rings. The van der Waals surface area contributed by atoms with Gasteiger partial charge in [-0.05, 0) is 44.7 Å². The van der Waals surface area contributed by atoms with E-state index in [0.29, 0.717) is 12.6 Å². The molecule has 1 rings (SSSR count). The Labute approximate surface area is 113 Å². The summed E-state index contributed by atoms with van der Waals surface area (Å²) in [6.07, 6.45) is 7.77. The van der Waals surface area contributed by atoms with Crippen molar-refractivity contribution >= 4 is 0 Å². The lowest BCUT2D eigenvalue weighted by Crippen LogP contribution is -2.41. The van der Waals surface area contributed by atoms with Crippen LogP contribution in [-0.2, 0) is 0 Å².